The molecular formula is C9H11N5O3. The molecule has 1 aromatic carbocycles. The summed E-state index contributed by atoms with van der Waals surface area (Å²) in [6.45, 7) is 0. The molecule has 0 saturated heterocycles. The van der Waals surface area contributed by atoms with Crippen LogP contribution in [0.25, 0.3) is 0 Å². The summed E-state index contributed by atoms with van der Waals surface area (Å²) in [6, 6.07) is 3.60. The van der Waals surface area contributed by atoms with E-state index in [-0.39, 0.29) is 28.9 Å². The van der Waals surface area contributed by atoms with Crippen molar-refractivity contribution < 1.29 is 15.0 Å². The topological polar surface area (TPSA) is 160 Å². The van der Waals surface area contributed by atoms with Crippen LogP contribution in [0.1, 0.15) is 10.4 Å². The number of rotatable bonds is 2. The first-order valence-corrected chi connectivity index (χ1v) is 4.40. The van der Waals surface area contributed by atoms with Crippen LogP contribution in [-0.4, -0.2) is 28.1 Å². The predicted octanol–water partition coefficient (Wildman–Crippen LogP) is -0.690. The van der Waals surface area contributed by atoms with Crippen molar-refractivity contribution >= 4 is 23.6 Å². The molecule has 0 amide bonds. The van der Waals surface area contributed by atoms with Crippen molar-refractivity contribution in [1.82, 2.24) is 0 Å². The van der Waals surface area contributed by atoms with E-state index in [1.807, 2.05) is 0 Å². The van der Waals surface area contributed by atoms with E-state index in [2.05, 4.69) is 9.98 Å². The molecular weight excluding hydrogens is 226 g/mol. The normalized spacial score (nSPS) is 10.9. The Balaban J connectivity index is 3.09. The van der Waals surface area contributed by atoms with E-state index < -0.39 is 5.97 Å². The molecule has 0 heterocycles. The van der Waals surface area contributed by atoms with Crippen LogP contribution in [0.2, 0.25) is 0 Å². The van der Waals surface area contributed by atoms with E-state index in [4.69, 9.17) is 22.3 Å². The molecule has 1 aromatic rings. The summed E-state index contributed by atoms with van der Waals surface area (Å²) >= 11 is 0. The van der Waals surface area contributed by atoms with E-state index in [1.54, 1.807) is 0 Å². The molecule has 0 aliphatic carbocycles. The van der Waals surface area contributed by atoms with E-state index in [0.29, 0.717) is 0 Å². The SMILES string of the molecule is NC(N)=NC(N)=Nc1ccc(C(=O)O)cc1O. The number of carboxylic acids is 1. The molecule has 8 heteroatoms. The summed E-state index contributed by atoms with van der Waals surface area (Å²) < 4.78 is 0. The Morgan fingerprint density at radius 2 is 1.88 bits per heavy atom. The maximum Gasteiger partial charge on any atom is 0.335 e. The molecule has 90 valence electrons. The van der Waals surface area contributed by atoms with Crippen molar-refractivity contribution in [3.8, 4) is 5.75 Å². The van der Waals surface area contributed by atoms with Gasteiger partial charge in [-0.1, -0.05) is 0 Å². The fraction of sp³-hybridized carbons (Fsp3) is 0. The smallest absolute Gasteiger partial charge is 0.335 e. The summed E-state index contributed by atoms with van der Waals surface area (Å²) in [7, 11) is 0. The Bertz CT molecular complexity index is 505. The molecule has 0 bridgehead atoms. The third-order valence-corrected chi connectivity index (χ3v) is 1.70. The highest BCUT2D eigenvalue weighted by Crippen LogP contribution is 2.27. The van der Waals surface area contributed by atoms with Crippen LogP contribution in [0.3, 0.4) is 0 Å². The van der Waals surface area contributed by atoms with Crippen LogP contribution in [0.4, 0.5) is 5.69 Å². The van der Waals surface area contributed by atoms with Crippen LogP contribution in [-0.2, 0) is 0 Å². The largest absolute Gasteiger partial charge is 0.506 e. The number of guanidine groups is 2. The molecule has 0 aromatic heterocycles. The Morgan fingerprint density at radius 3 is 2.35 bits per heavy atom. The lowest BCUT2D eigenvalue weighted by Crippen LogP contribution is -2.26. The Kier molecular flexibility index (Phi) is 3.50. The number of hydrogen-bond acceptors (Lipinski definition) is 3. The average Bonchev–Trinajstić information content (AvgIpc) is 2.19. The van der Waals surface area contributed by atoms with Gasteiger partial charge in [0.05, 0.1) is 5.56 Å². The molecule has 17 heavy (non-hydrogen) atoms. The highest BCUT2D eigenvalue weighted by Gasteiger charge is 2.07. The van der Waals surface area contributed by atoms with Gasteiger partial charge in [-0.2, -0.15) is 4.99 Å². The molecule has 0 aliphatic rings. The summed E-state index contributed by atoms with van der Waals surface area (Å²) in [6.07, 6.45) is 0. The van der Waals surface area contributed by atoms with Crippen molar-refractivity contribution in [3.05, 3.63) is 23.8 Å². The number of phenols is 1. The number of carboxylic acid groups (broad SMARTS) is 1. The summed E-state index contributed by atoms with van der Waals surface area (Å²) in [4.78, 5) is 17.8. The van der Waals surface area contributed by atoms with E-state index >= 15 is 0 Å². The molecule has 0 unspecified atom stereocenters. The van der Waals surface area contributed by atoms with Crippen LogP contribution in [0, 0.1) is 0 Å². The van der Waals surface area contributed by atoms with Gasteiger partial charge in [-0.05, 0) is 18.2 Å². The lowest BCUT2D eigenvalue weighted by atomic mass is 10.2. The number of nitrogens with zero attached hydrogens (tertiary/aromatic N) is 2. The van der Waals surface area contributed by atoms with Gasteiger partial charge < -0.3 is 27.4 Å². The van der Waals surface area contributed by atoms with Gasteiger partial charge in [0.25, 0.3) is 0 Å². The zero-order chi connectivity index (χ0) is 13.0. The zero-order valence-electron chi connectivity index (χ0n) is 8.66. The number of benzene rings is 1. The minimum atomic E-state index is -1.16. The maximum atomic E-state index is 10.6. The minimum Gasteiger partial charge on any atom is -0.506 e. The molecule has 1 rings (SSSR count). The second-order valence-electron chi connectivity index (χ2n) is 3.02. The molecule has 8 N–H and O–H groups in total. The molecule has 0 atom stereocenters. The lowest BCUT2D eigenvalue weighted by molar-refractivity contribution is 0.0696. The van der Waals surface area contributed by atoms with Crippen molar-refractivity contribution in [3.63, 3.8) is 0 Å². The fourth-order valence-electron chi connectivity index (χ4n) is 1.03. The van der Waals surface area contributed by atoms with E-state index in [9.17, 15) is 9.90 Å². The number of carbonyl (C=O) groups is 1. The number of phenolic OH excluding ortho intramolecular Hbond substituents is 1. The highest BCUT2D eigenvalue weighted by molar-refractivity contribution is 5.94. The lowest BCUT2D eigenvalue weighted by Gasteiger charge is -2.01. The number of aliphatic imine (C=N–C) groups is 2. The number of aromatic hydroxyl groups is 1. The second kappa shape index (κ2) is 4.84. The van der Waals surface area contributed by atoms with Gasteiger partial charge in [-0.15, -0.1) is 0 Å². The first-order chi connectivity index (χ1) is 7.90. The van der Waals surface area contributed by atoms with Gasteiger partial charge in [-0.3, -0.25) is 0 Å². The number of aromatic carboxylic acids is 1. The number of nitrogens with two attached hydrogens (primary N) is 3. The Hall–Kier alpha value is -2.77. The van der Waals surface area contributed by atoms with Gasteiger partial charge in [-0.25, -0.2) is 9.79 Å². The van der Waals surface area contributed by atoms with Crippen LogP contribution in [0.15, 0.2) is 28.2 Å². The average molecular weight is 237 g/mol. The third-order valence-electron chi connectivity index (χ3n) is 1.70. The standard InChI is InChI=1S/C9H11N5O3/c10-8(11)14-9(12)13-5-2-1-4(7(16)17)3-6(5)15/h1-3,15H,(H,16,17)(H6,10,11,12,13,14). The molecule has 0 fully saturated rings. The molecule has 0 spiro atoms. The monoisotopic (exact) mass is 237 g/mol. The van der Waals surface area contributed by atoms with Gasteiger partial charge in [0.1, 0.15) is 11.4 Å². The van der Waals surface area contributed by atoms with Crippen molar-refractivity contribution in [1.29, 1.82) is 0 Å². The molecule has 0 radical (unpaired) electrons. The van der Waals surface area contributed by atoms with Gasteiger partial charge in [0.2, 0.25) is 5.96 Å². The fourth-order valence-corrected chi connectivity index (χ4v) is 1.03. The molecule has 0 saturated carbocycles. The van der Waals surface area contributed by atoms with Crippen molar-refractivity contribution in [2.24, 2.45) is 27.2 Å². The summed E-state index contributed by atoms with van der Waals surface area (Å²) in [5.41, 5.74) is 15.5. The van der Waals surface area contributed by atoms with Gasteiger partial charge in [0.15, 0.2) is 5.96 Å². The molecule has 8 nitrogen and oxygen atoms in total. The molecule has 0 aliphatic heterocycles. The van der Waals surface area contributed by atoms with E-state index in [1.165, 1.54) is 12.1 Å². The first kappa shape index (κ1) is 12.3. The van der Waals surface area contributed by atoms with Crippen LogP contribution >= 0.6 is 0 Å². The van der Waals surface area contributed by atoms with Gasteiger partial charge >= 0.3 is 5.97 Å². The van der Waals surface area contributed by atoms with Gasteiger partial charge in [0, 0.05) is 0 Å². The number of hydrogen-bond donors (Lipinski definition) is 5. The Labute approximate surface area is 96.1 Å². The maximum absolute atomic E-state index is 10.6. The Morgan fingerprint density at radius 1 is 1.24 bits per heavy atom. The van der Waals surface area contributed by atoms with Crippen LogP contribution < -0.4 is 17.2 Å². The summed E-state index contributed by atoms with van der Waals surface area (Å²) in [5.74, 6) is -2.01. The minimum absolute atomic E-state index is 0.0671. The zero-order valence-corrected chi connectivity index (χ0v) is 8.66. The quantitative estimate of drug-likeness (QED) is 0.338. The third kappa shape index (κ3) is 3.38. The van der Waals surface area contributed by atoms with Crippen molar-refractivity contribution in [2.75, 3.05) is 0 Å². The van der Waals surface area contributed by atoms with E-state index in [0.717, 1.165) is 6.07 Å². The van der Waals surface area contributed by atoms with Crippen molar-refractivity contribution in [2.45, 2.75) is 0 Å². The summed E-state index contributed by atoms with van der Waals surface area (Å²) in [5, 5.41) is 18.2. The van der Waals surface area contributed by atoms with Crippen LogP contribution in [0.5, 0.6) is 5.75 Å². The first-order valence-electron chi connectivity index (χ1n) is 4.40. The second-order valence-corrected chi connectivity index (χ2v) is 3.02. The predicted molar refractivity (Wildman–Crippen MR) is 62.2 cm³/mol. The highest BCUT2D eigenvalue weighted by atomic mass is 16.4.